The van der Waals surface area contributed by atoms with Crippen LogP contribution in [0.5, 0.6) is 0 Å². The first-order valence-electron chi connectivity index (χ1n) is 13.8. The van der Waals surface area contributed by atoms with Crippen LogP contribution in [0.1, 0.15) is 49.7 Å². The Morgan fingerprint density at radius 2 is 1.22 bits per heavy atom. The summed E-state index contributed by atoms with van der Waals surface area (Å²) in [5, 5.41) is 2.37. The van der Waals surface area contributed by atoms with E-state index in [1.54, 1.807) is 5.56 Å². The Labute approximate surface area is 213 Å². The number of aryl methyl sites for hydroxylation is 1. The van der Waals surface area contributed by atoms with Crippen molar-refractivity contribution in [1.82, 2.24) is 0 Å². The first-order valence-corrected chi connectivity index (χ1v) is 13.8. The van der Waals surface area contributed by atoms with Crippen LogP contribution >= 0.6 is 0 Å². The molecule has 4 saturated carbocycles. The molecule has 0 unspecified atom stereocenters. The van der Waals surface area contributed by atoms with Crippen molar-refractivity contribution in [3.8, 4) is 22.3 Å². The van der Waals surface area contributed by atoms with Crippen LogP contribution in [0.4, 0.5) is 0 Å². The maximum absolute atomic E-state index is 6.17. The van der Waals surface area contributed by atoms with Gasteiger partial charge in [0.2, 0.25) is 0 Å². The van der Waals surface area contributed by atoms with Crippen molar-refractivity contribution in [2.45, 2.75) is 50.9 Å². The molecule has 0 aliphatic heterocycles. The molecule has 36 heavy (non-hydrogen) atoms. The highest BCUT2D eigenvalue weighted by atomic mass is 16.3. The zero-order chi connectivity index (χ0) is 23.9. The first kappa shape index (κ1) is 20.8. The van der Waals surface area contributed by atoms with E-state index in [1.807, 2.05) is 12.1 Å². The number of para-hydroxylation sites is 1. The van der Waals surface area contributed by atoms with Gasteiger partial charge in [-0.15, -0.1) is 0 Å². The third-order valence-electron chi connectivity index (χ3n) is 9.80. The highest BCUT2D eigenvalue weighted by Gasteiger charge is 2.51. The van der Waals surface area contributed by atoms with E-state index in [-0.39, 0.29) is 0 Å². The van der Waals surface area contributed by atoms with Gasteiger partial charge in [-0.1, -0.05) is 60.7 Å². The summed E-state index contributed by atoms with van der Waals surface area (Å²) in [6.07, 6.45) is 8.79. The molecule has 1 aromatic heterocycles. The Kier molecular flexibility index (Phi) is 4.39. The molecule has 0 spiro atoms. The monoisotopic (exact) mass is 468 g/mol. The van der Waals surface area contributed by atoms with Crippen LogP contribution in [0.25, 0.3) is 44.2 Å². The highest BCUT2D eigenvalue weighted by Crippen LogP contribution is 2.60. The number of furan rings is 1. The van der Waals surface area contributed by atoms with Gasteiger partial charge in [0.05, 0.1) is 0 Å². The second-order valence-corrected chi connectivity index (χ2v) is 12.1. The van der Waals surface area contributed by atoms with Crippen molar-refractivity contribution in [2.24, 2.45) is 17.8 Å². The molecule has 1 heterocycles. The molecule has 0 atom stereocenters. The Morgan fingerprint density at radius 1 is 0.611 bits per heavy atom. The average Bonchev–Trinajstić information content (AvgIpc) is 3.26. The molecule has 0 amide bonds. The van der Waals surface area contributed by atoms with Gasteiger partial charge in [0.1, 0.15) is 11.2 Å². The van der Waals surface area contributed by atoms with Gasteiger partial charge in [-0.2, -0.15) is 0 Å². The lowest BCUT2D eigenvalue weighted by Crippen LogP contribution is -2.48. The molecule has 1 heteroatoms. The lowest BCUT2D eigenvalue weighted by Gasteiger charge is -2.57. The average molecular weight is 469 g/mol. The number of fused-ring (bicyclic) bond motifs is 3. The molecule has 0 saturated heterocycles. The lowest BCUT2D eigenvalue weighted by molar-refractivity contribution is -0.00518. The summed E-state index contributed by atoms with van der Waals surface area (Å²) in [6.45, 7) is 2.23. The number of hydrogen-bond acceptors (Lipinski definition) is 1. The van der Waals surface area contributed by atoms with Crippen LogP contribution in [0, 0.1) is 24.7 Å². The van der Waals surface area contributed by atoms with Crippen LogP contribution in [-0.4, -0.2) is 0 Å². The summed E-state index contributed by atoms with van der Waals surface area (Å²) in [6, 6.07) is 31.5. The summed E-state index contributed by atoms with van der Waals surface area (Å²) < 4.78 is 6.17. The van der Waals surface area contributed by atoms with Crippen LogP contribution in [0.3, 0.4) is 0 Å². The minimum absolute atomic E-state index is 0.464. The van der Waals surface area contributed by atoms with Gasteiger partial charge < -0.3 is 4.42 Å². The smallest absolute Gasteiger partial charge is 0.136 e. The summed E-state index contributed by atoms with van der Waals surface area (Å²) in [4.78, 5) is 0. The zero-order valence-electron chi connectivity index (χ0n) is 21.0. The van der Waals surface area contributed by atoms with Crippen molar-refractivity contribution < 1.29 is 4.42 Å². The largest absolute Gasteiger partial charge is 0.456 e. The van der Waals surface area contributed by atoms with E-state index >= 15 is 0 Å². The molecule has 4 bridgehead atoms. The van der Waals surface area contributed by atoms with Crippen LogP contribution in [0.15, 0.2) is 89.3 Å². The summed E-state index contributed by atoms with van der Waals surface area (Å²) in [5.41, 5.74) is 10.4. The fraction of sp³-hybridized carbons (Fsp3) is 0.314. The molecule has 4 aliphatic rings. The van der Waals surface area contributed by atoms with Gasteiger partial charge in [-0.3, -0.25) is 0 Å². The normalized spacial score (nSPS) is 26.8. The molecule has 4 aromatic carbocycles. The van der Waals surface area contributed by atoms with E-state index in [4.69, 9.17) is 4.42 Å². The lowest BCUT2D eigenvalue weighted by atomic mass is 9.48. The van der Waals surface area contributed by atoms with Gasteiger partial charge >= 0.3 is 0 Å². The summed E-state index contributed by atoms with van der Waals surface area (Å²) in [5.74, 6) is 2.96. The second kappa shape index (κ2) is 7.59. The molecule has 9 rings (SSSR count). The third kappa shape index (κ3) is 3.15. The number of benzene rings is 4. The molecule has 4 fully saturated rings. The quantitative estimate of drug-likeness (QED) is 0.257. The van der Waals surface area contributed by atoms with Crippen molar-refractivity contribution >= 4 is 21.9 Å². The minimum Gasteiger partial charge on any atom is -0.456 e. The molecule has 178 valence electrons. The van der Waals surface area contributed by atoms with E-state index in [9.17, 15) is 0 Å². The van der Waals surface area contributed by atoms with Crippen molar-refractivity contribution in [2.75, 3.05) is 0 Å². The minimum atomic E-state index is 0.464. The first-order chi connectivity index (χ1) is 17.6. The zero-order valence-corrected chi connectivity index (χ0v) is 21.0. The van der Waals surface area contributed by atoms with Crippen LogP contribution in [-0.2, 0) is 5.41 Å². The Morgan fingerprint density at radius 3 is 1.97 bits per heavy atom. The molecule has 0 radical (unpaired) electrons. The third-order valence-corrected chi connectivity index (χ3v) is 9.80. The maximum Gasteiger partial charge on any atom is 0.136 e. The molecular formula is C35H32O. The van der Waals surface area contributed by atoms with Gasteiger partial charge in [-0.05, 0) is 126 Å². The molecule has 1 nitrogen and oxygen atoms in total. The Hall–Kier alpha value is -3.32. The predicted molar refractivity (Wildman–Crippen MR) is 149 cm³/mol. The highest BCUT2D eigenvalue weighted by molar-refractivity contribution is 6.05. The van der Waals surface area contributed by atoms with Crippen LogP contribution < -0.4 is 0 Å². The SMILES string of the molecule is Cc1ccc(-c2ccc3c(c2)oc2ccccc23)cc1-c1ccc(C23CC4CC(CC(C4)C2)C3)cc1. The van der Waals surface area contributed by atoms with E-state index in [2.05, 4.69) is 79.7 Å². The predicted octanol–water partition coefficient (Wildman–Crippen LogP) is 9.70. The Balaban J connectivity index is 1.15. The Bertz CT molecular complexity index is 1580. The van der Waals surface area contributed by atoms with E-state index in [1.165, 1.54) is 77.1 Å². The van der Waals surface area contributed by atoms with Crippen molar-refractivity contribution in [1.29, 1.82) is 0 Å². The van der Waals surface area contributed by atoms with Gasteiger partial charge in [0.25, 0.3) is 0 Å². The standard InChI is InChI=1S/C35H32O/c1-22-6-7-27(28-10-13-31-30-4-2-3-5-33(30)36-34(31)18-28)17-32(22)26-8-11-29(12-9-26)35-19-23-14-24(20-35)16-25(15-23)21-35/h2-13,17-18,23-25H,14-16,19-21H2,1H3. The molecule has 5 aromatic rings. The van der Waals surface area contributed by atoms with Crippen LogP contribution in [0.2, 0.25) is 0 Å². The molecular weight excluding hydrogens is 436 g/mol. The fourth-order valence-electron chi connectivity index (χ4n) is 8.49. The van der Waals surface area contributed by atoms with E-state index < -0.39 is 0 Å². The van der Waals surface area contributed by atoms with Gasteiger partial charge in [0, 0.05) is 10.8 Å². The fourth-order valence-corrected chi connectivity index (χ4v) is 8.49. The van der Waals surface area contributed by atoms with Gasteiger partial charge in [0.15, 0.2) is 0 Å². The maximum atomic E-state index is 6.17. The van der Waals surface area contributed by atoms with E-state index in [0.717, 1.165) is 28.9 Å². The molecule has 4 aliphatic carbocycles. The van der Waals surface area contributed by atoms with E-state index in [0.29, 0.717) is 5.41 Å². The summed E-state index contributed by atoms with van der Waals surface area (Å²) in [7, 11) is 0. The van der Waals surface area contributed by atoms with Gasteiger partial charge in [-0.25, -0.2) is 0 Å². The number of rotatable bonds is 3. The summed E-state index contributed by atoms with van der Waals surface area (Å²) >= 11 is 0. The topological polar surface area (TPSA) is 13.1 Å². The second-order valence-electron chi connectivity index (χ2n) is 12.1. The van der Waals surface area contributed by atoms with Crippen molar-refractivity contribution in [3.05, 3.63) is 96.1 Å². The number of hydrogen-bond donors (Lipinski definition) is 0. The molecule has 0 N–H and O–H groups in total. The van der Waals surface area contributed by atoms with Crippen molar-refractivity contribution in [3.63, 3.8) is 0 Å².